The van der Waals surface area contributed by atoms with Gasteiger partial charge in [-0.1, -0.05) is 24.3 Å². The van der Waals surface area contributed by atoms with Gasteiger partial charge >= 0.3 is 12.1 Å². The minimum absolute atomic E-state index is 0.0181. The first-order valence-corrected chi connectivity index (χ1v) is 9.70. The summed E-state index contributed by atoms with van der Waals surface area (Å²) in [5.74, 6) is -1.16. The third-order valence-corrected chi connectivity index (χ3v) is 5.49. The molecule has 2 aliphatic rings. The number of rotatable bonds is 9. The minimum Gasteiger partial charge on any atom is -0.481 e. The number of nitrogens with one attached hydrogen (secondary N) is 1. The average Bonchev–Trinajstić information content (AvgIpc) is 2.92. The van der Waals surface area contributed by atoms with Crippen molar-refractivity contribution >= 4 is 5.97 Å². The SMILES string of the molecule is O=C(O)CCCONC1=C2CC(C=CC(O)c3cccc(C(F)(F)F)c3)C(O)[C@@H]2C1. The van der Waals surface area contributed by atoms with Crippen molar-refractivity contribution in [3.63, 3.8) is 0 Å². The molecular formula is C21H24F3NO5. The number of aliphatic hydroxyl groups excluding tert-OH is 2. The van der Waals surface area contributed by atoms with Crippen LogP contribution < -0.4 is 5.48 Å². The van der Waals surface area contributed by atoms with Gasteiger partial charge < -0.3 is 15.3 Å². The van der Waals surface area contributed by atoms with E-state index in [-0.39, 0.29) is 30.4 Å². The van der Waals surface area contributed by atoms with Gasteiger partial charge in [-0.3, -0.25) is 15.1 Å². The highest BCUT2D eigenvalue weighted by Crippen LogP contribution is 2.48. The molecule has 30 heavy (non-hydrogen) atoms. The van der Waals surface area contributed by atoms with Gasteiger partial charge in [0.2, 0.25) is 0 Å². The van der Waals surface area contributed by atoms with E-state index in [4.69, 9.17) is 9.94 Å². The van der Waals surface area contributed by atoms with Crippen LogP contribution in [0.5, 0.6) is 0 Å². The molecule has 4 atom stereocenters. The molecule has 1 fully saturated rings. The van der Waals surface area contributed by atoms with Crippen molar-refractivity contribution in [2.24, 2.45) is 11.8 Å². The number of fused-ring (bicyclic) bond motifs is 1. The number of alkyl halides is 3. The van der Waals surface area contributed by atoms with Crippen LogP contribution in [0.25, 0.3) is 0 Å². The average molecular weight is 427 g/mol. The van der Waals surface area contributed by atoms with Gasteiger partial charge in [-0.05, 0) is 42.5 Å². The van der Waals surface area contributed by atoms with E-state index in [1.807, 2.05) is 0 Å². The van der Waals surface area contributed by atoms with Gasteiger partial charge in [-0.15, -0.1) is 0 Å². The van der Waals surface area contributed by atoms with Crippen LogP contribution in [0.15, 0.2) is 47.7 Å². The first-order valence-electron chi connectivity index (χ1n) is 9.70. The van der Waals surface area contributed by atoms with E-state index in [0.717, 1.165) is 23.4 Å². The lowest BCUT2D eigenvalue weighted by Gasteiger charge is -2.30. The van der Waals surface area contributed by atoms with Gasteiger partial charge in [0.05, 0.1) is 24.4 Å². The van der Waals surface area contributed by atoms with Crippen LogP contribution in [-0.2, 0) is 15.8 Å². The molecular weight excluding hydrogens is 403 g/mol. The zero-order chi connectivity index (χ0) is 21.9. The highest BCUT2D eigenvalue weighted by atomic mass is 19.4. The molecule has 0 radical (unpaired) electrons. The number of hydrogen-bond acceptors (Lipinski definition) is 5. The van der Waals surface area contributed by atoms with Gasteiger partial charge in [-0.2, -0.15) is 13.2 Å². The van der Waals surface area contributed by atoms with Crippen LogP contribution in [0.1, 0.15) is 42.9 Å². The number of aliphatic carboxylic acids is 1. The quantitative estimate of drug-likeness (QED) is 0.274. The Kier molecular flexibility index (Phi) is 6.84. The van der Waals surface area contributed by atoms with Crippen molar-refractivity contribution in [2.75, 3.05) is 6.61 Å². The second kappa shape index (κ2) is 9.20. The number of halogens is 3. The molecule has 1 saturated carbocycles. The molecule has 1 aromatic rings. The molecule has 3 unspecified atom stereocenters. The highest BCUT2D eigenvalue weighted by Gasteiger charge is 2.45. The molecule has 0 bridgehead atoms. The van der Waals surface area contributed by atoms with Gasteiger partial charge in [0.15, 0.2) is 0 Å². The standard InChI is InChI=1S/C21H24F3NO5/c22-21(23,24)14-4-1-3-12(9-14)18(26)7-6-13-10-15-16(20(13)29)11-17(15)25-30-8-2-5-19(27)28/h1,3-4,6-7,9,13,16,18,20,25-26,29H,2,5,8,10-11H2,(H,27,28)/t13?,16-,18?,20?/m1/s1. The van der Waals surface area contributed by atoms with Crippen LogP contribution in [0.4, 0.5) is 13.2 Å². The van der Waals surface area contributed by atoms with Crippen molar-refractivity contribution in [3.8, 4) is 0 Å². The predicted octanol–water partition coefficient (Wildman–Crippen LogP) is 3.34. The molecule has 0 amide bonds. The molecule has 0 saturated heterocycles. The summed E-state index contributed by atoms with van der Waals surface area (Å²) in [5, 5.41) is 29.3. The van der Waals surface area contributed by atoms with Crippen LogP contribution >= 0.6 is 0 Å². The third-order valence-electron chi connectivity index (χ3n) is 5.49. The Bertz CT molecular complexity index is 836. The Balaban J connectivity index is 1.55. The molecule has 6 nitrogen and oxygen atoms in total. The lowest BCUT2D eigenvalue weighted by molar-refractivity contribution is -0.138. The summed E-state index contributed by atoms with van der Waals surface area (Å²) in [5.41, 5.74) is 4.00. The Labute approximate surface area is 171 Å². The molecule has 4 N–H and O–H groups in total. The van der Waals surface area contributed by atoms with Crippen molar-refractivity contribution in [3.05, 3.63) is 58.8 Å². The lowest BCUT2D eigenvalue weighted by Crippen LogP contribution is -2.32. The molecule has 0 spiro atoms. The number of hydrogen-bond donors (Lipinski definition) is 4. The predicted molar refractivity (Wildman–Crippen MR) is 101 cm³/mol. The maximum Gasteiger partial charge on any atom is 0.416 e. The van der Waals surface area contributed by atoms with Gasteiger partial charge in [0, 0.05) is 24.0 Å². The highest BCUT2D eigenvalue weighted by molar-refractivity contribution is 5.66. The fourth-order valence-corrected chi connectivity index (χ4v) is 3.82. The summed E-state index contributed by atoms with van der Waals surface area (Å²) in [6.07, 6.45) is -1.70. The number of carboxylic acid groups (broad SMARTS) is 1. The maximum atomic E-state index is 12.8. The maximum absolute atomic E-state index is 12.8. The van der Waals surface area contributed by atoms with Crippen molar-refractivity contribution in [1.29, 1.82) is 0 Å². The molecule has 164 valence electrons. The van der Waals surface area contributed by atoms with E-state index >= 15 is 0 Å². The summed E-state index contributed by atoms with van der Waals surface area (Å²) < 4.78 is 38.5. The second-order valence-electron chi connectivity index (χ2n) is 7.57. The molecule has 0 aliphatic heterocycles. The van der Waals surface area contributed by atoms with E-state index in [2.05, 4.69) is 5.48 Å². The number of carboxylic acids is 1. The molecule has 2 aliphatic carbocycles. The van der Waals surface area contributed by atoms with Crippen LogP contribution in [0.2, 0.25) is 0 Å². The number of hydroxylamine groups is 1. The molecule has 3 rings (SSSR count). The Morgan fingerprint density at radius 2 is 2.10 bits per heavy atom. The molecule has 0 heterocycles. The Morgan fingerprint density at radius 3 is 2.80 bits per heavy atom. The Hall–Kier alpha value is -2.36. The summed E-state index contributed by atoms with van der Waals surface area (Å²) >= 11 is 0. The minimum atomic E-state index is -4.48. The zero-order valence-electron chi connectivity index (χ0n) is 16.1. The van der Waals surface area contributed by atoms with Gasteiger partial charge in [-0.25, -0.2) is 0 Å². The Morgan fingerprint density at radius 1 is 1.33 bits per heavy atom. The summed E-state index contributed by atoms with van der Waals surface area (Å²) in [7, 11) is 0. The van der Waals surface area contributed by atoms with Crippen molar-refractivity contribution in [1.82, 2.24) is 5.48 Å². The topological polar surface area (TPSA) is 99.0 Å². The van der Waals surface area contributed by atoms with Gasteiger partial charge in [0.1, 0.15) is 0 Å². The van der Waals surface area contributed by atoms with Crippen molar-refractivity contribution in [2.45, 2.75) is 44.1 Å². The van der Waals surface area contributed by atoms with Crippen LogP contribution in [0.3, 0.4) is 0 Å². The summed E-state index contributed by atoms with van der Waals surface area (Å²) in [4.78, 5) is 15.7. The fraction of sp³-hybridized carbons (Fsp3) is 0.476. The summed E-state index contributed by atoms with van der Waals surface area (Å²) in [6, 6.07) is 4.53. The molecule has 0 aromatic heterocycles. The van der Waals surface area contributed by atoms with Gasteiger partial charge in [0.25, 0.3) is 0 Å². The lowest BCUT2D eigenvalue weighted by atomic mass is 9.83. The molecule has 1 aromatic carbocycles. The van der Waals surface area contributed by atoms with E-state index < -0.39 is 29.9 Å². The second-order valence-corrected chi connectivity index (χ2v) is 7.57. The number of aliphatic hydroxyl groups is 2. The zero-order valence-corrected chi connectivity index (χ0v) is 16.1. The summed E-state index contributed by atoms with van der Waals surface area (Å²) in [6.45, 7) is 0.253. The third kappa shape index (κ3) is 5.21. The normalized spacial score (nSPS) is 24.6. The van der Waals surface area contributed by atoms with E-state index in [1.165, 1.54) is 18.2 Å². The smallest absolute Gasteiger partial charge is 0.416 e. The van der Waals surface area contributed by atoms with Crippen LogP contribution in [-0.4, -0.2) is 34.0 Å². The number of allylic oxidation sites excluding steroid dienone is 1. The number of carbonyl (C=O) groups is 1. The largest absolute Gasteiger partial charge is 0.481 e. The first kappa shape index (κ1) is 22.3. The fourth-order valence-electron chi connectivity index (χ4n) is 3.82. The van der Waals surface area contributed by atoms with E-state index in [0.29, 0.717) is 19.3 Å². The van der Waals surface area contributed by atoms with Crippen molar-refractivity contribution < 1.29 is 38.1 Å². The van der Waals surface area contributed by atoms with E-state index in [9.17, 15) is 28.2 Å². The first-order chi connectivity index (χ1) is 14.2. The molecule has 9 heteroatoms. The monoisotopic (exact) mass is 427 g/mol. The van der Waals surface area contributed by atoms with Crippen LogP contribution in [0, 0.1) is 11.8 Å². The van der Waals surface area contributed by atoms with E-state index in [1.54, 1.807) is 6.08 Å². The number of benzene rings is 1.